The molecule has 2 aromatic carbocycles. The summed E-state index contributed by atoms with van der Waals surface area (Å²) in [7, 11) is 0. The Bertz CT molecular complexity index is 886. The molecule has 1 fully saturated rings. The topological polar surface area (TPSA) is 40.5 Å². The summed E-state index contributed by atoms with van der Waals surface area (Å²) in [5.74, 6) is 0.735. The Kier molecular flexibility index (Phi) is 5.49. The molecule has 1 aromatic heterocycles. The van der Waals surface area contributed by atoms with Crippen LogP contribution in [0.15, 0.2) is 84.0 Å². The lowest BCUT2D eigenvalue weighted by Gasteiger charge is -2.37. The van der Waals surface area contributed by atoms with Gasteiger partial charge in [0.25, 0.3) is 0 Å². The third-order valence-corrected chi connectivity index (χ3v) is 4.97. The standard InChI is InChI=1S/C24H26N4/c1-18-16-28(17-19(2)26-18)22-13-14-25-23(15-22)27-24(20-9-5-3-6-10-20)21-11-7-4-8-12-21/h3-15,18-19,26H,16-17H2,1-2H3. The highest BCUT2D eigenvalue weighted by Gasteiger charge is 2.21. The summed E-state index contributed by atoms with van der Waals surface area (Å²) in [6, 6.07) is 25.7. The monoisotopic (exact) mass is 370 g/mol. The molecule has 0 bridgehead atoms. The number of rotatable bonds is 4. The second kappa shape index (κ2) is 8.36. The summed E-state index contributed by atoms with van der Waals surface area (Å²) in [5, 5.41) is 3.58. The second-order valence-corrected chi connectivity index (χ2v) is 7.44. The van der Waals surface area contributed by atoms with E-state index < -0.39 is 0 Å². The van der Waals surface area contributed by atoms with Crippen LogP contribution in [0.2, 0.25) is 0 Å². The minimum atomic E-state index is 0.466. The molecule has 142 valence electrons. The van der Waals surface area contributed by atoms with Gasteiger partial charge in [-0.05, 0) is 19.9 Å². The molecule has 1 N–H and O–H groups in total. The summed E-state index contributed by atoms with van der Waals surface area (Å²) < 4.78 is 0. The molecule has 2 unspecified atom stereocenters. The van der Waals surface area contributed by atoms with Crippen molar-refractivity contribution in [3.63, 3.8) is 0 Å². The molecule has 0 amide bonds. The second-order valence-electron chi connectivity index (χ2n) is 7.44. The SMILES string of the molecule is CC1CN(c2ccnc(N=C(c3ccccc3)c3ccccc3)c2)CC(C)N1. The van der Waals surface area contributed by atoms with Crippen molar-refractivity contribution in [2.75, 3.05) is 18.0 Å². The zero-order valence-corrected chi connectivity index (χ0v) is 16.4. The maximum atomic E-state index is 4.96. The Labute approximate surface area is 167 Å². The van der Waals surface area contributed by atoms with Gasteiger partial charge in [-0.15, -0.1) is 0 Å². The van der Waals surface area contributed by atoms with Crippen molar-refractivity contribution in [2.24, 2.45) is 4.99 Å². The molecule has 1 aliphatic heterocycles. The molecule has 4 rings (SSSR count). The van der Waals surface area contributed by atoms with Gasteiger partial charge in [-0.2, -0.15) is 0 Å². The first-order chi connectivity index (χ1) is 13.7. The molecule has 3 aromatic rings. The van der Waals surface area contributed by atoms with Gasteiger partial charge >= 0.3 is 0 Å². The number of hydrogen-bond acceptors (Lipinski definition) is 4. The van der Waals surface area contributed by atoms with E-state index in [-0.39, 0.29) is 0 Å². The first-order valence-corrected chi connectivity index (χ1v) is 9.85. The van der Waals surface area contributed by atoms with Gasteiger partial charge in [0.2, 0.25) is 0 Å². The predicted molar refractivity (Wildman–Crippen MR) is 117 cm³/mol. The van der Waals surface area contributed by atoms with Crippen LogP contribution in [0, 0.1) is 0 Å². The lowest BCUT2D eigenvalue weighted by molar-refractivity contribution is 0.407. The van der Waals surface area contributed by atoms with E-state index in [4.69, 9.17) is 4.99 Å². The summed E-state index contributed by atoms with van der Waals surface area (Å²) >= 11 is 0. The van der Waals surface area contributed by atoms with Crippen LogP contribution in [0.5, 0.6) is 0 Å². The summed E-state index contributed by atoms with van der Waals surface area (Å²) in [5.41, 5.74) is 4.29. The van der Waals surface area contributed by atoms with Gasteiger partial charge in [0, 0.05) is 54.3 Å². The van der Waals surface area contributed by atoms with Crippen molar-refractivity contribution in [2.45, 2.75) is 25.9 Å². The molecule has 4 heteroatoms. The highest BCUT2D eigenvalue weighted by molar-refractivity contribution is 6.13. The number of nitrogens with zero attached hydrogens (tertiary/aromatic N) is 3. The van der Waals surface area contributed by atoms with E-state index in [9.17, 15) is 0 Å². The first-order valence-electron chi connectivity index (χ1n) is 9.85. The van der Waals surface area contributed by atoms with Gasteiger partial charge in [0.15, 0.2) is 5.82 Å². The molecule has 0 saturated carbocycles. The highest BCUT2D eigenvalue weighted by Crippen LogP contribution is 2.23. The van der Waals surface area contributed by atoms with E-state index in [2.05, 4.69) is 65.4 Å². The fraction of sp³-hybridized carbons (Fsp3) is 0.250. The Morgan fingerprint density at radius 1 is 0.893 bits per heavy atom. The van der Waals surface area contributed by atoms with Crippen LogP contribution < -0.4 is 10.2 Å². The van der Waals surface area contributed by atoms with Crippen LogP contribution in [0.3, 0.4) is 0 Å². The molecule has 4 nitrogen and oxygen atoms in total. The van der Waals surface area contributed by atoms with E-state index in [1.807, 2.05) is 42.6 Å². The van der Waals surface area contributed by atoms with Gasteiger partial charge in [-0.1, -0.05) is 60.7 Å². The van der Waals surface area contributed by atoms with Crippen molar-refractivity contribution in [3.8, 4) is 0 Å². The van der Waals surface area contributed by atoms with E-state index in [1.165, 1.54) is 5.69 Å². The van der Waals surface area contributed by atoms with Crippen LogP contribution in [0.25, 0.3) is 0 Å². The Morgan fingerprint density at radius 3 is 2.04 bits per heavy atom. The number of aromatic nitrogens is 1. The number of hydrogen-bond donors (Lipinski definition) is 1. The summed E-state index contributed by atoms with van der Waals surface area (Å²) in [6.45, 7) is 6.43. The smallest absolute Gasteiger partial charge is 0.154 e. The number of anilines is 1. The fourth-order valence-electron chi connectivity index (χ4n) is 3.81. The molecule has 2 heterocycles. The summed E-state index contributed by atoms with van der Waals surface area (Å²) in [4.78, 5) is 11.9. The molecule has 28 heavy (non-hydrogen) atoms. The predicted octanol–water partition coefficient (Wildman–Crippen LogP) is 4.44. The molecule has 2 atom stereocenters. The van der Waals surface area contributed by atoms with Crippen LogP contribution in [-0.4, -0.2) is 35.9 Å². The normalized spacial score (nSPS) is 19.3. The fourth-order valence-corrected chi connectivity index (χ4v) is 3.81. The zero-order chi connectivity index (χ0) is 19.3. The first kappa shape index (κ1) is 18.4. The number of nitrogens with one attached hydrogen (secondary N) is 1. The quantitative estimate of drug-likeness (QED) is 0.691. The molecule has 1 aliphatic rings. The molecular weight excluding hydrogens is 344 g/mol. The zero-order valence-electron chi connectivity index (χ0n) is 16.4. The van der Waals surface area contributed by atoms with Crippen LogP contribution in [-0.2, 0) is 0 Å². The molecular formula is C24H26N4. The van der Waals surface area contributed by atoms with Crippen molar-refractivity contribution in [3.05, 3.63) is 90.1 Å². The maximum absolute atomic E-state index is 4.96. The number of aliphatic imine (C=N–C) groups is 1. The minimum Gasteiger partial charge on any atom is -0.368 e. The third-order valence-electron chi connectivity index (χ3n) is 4.97. The van der Waals surface area contributed by atoms with Crippen molar-refractivity contribution >= 4 is 17.2 Å². The van der Waals surface area contributed by atoms with Crippen molar-refractivity contribution in [1.29, 1.82) is 0 Å². The summed E-state index contributed by atoms with van der Waals surface area (Å²) in [6.07, 6.45) is 1.86. The van der Waals surface area contributed by atoms with Crippen LogP contribution >= 0.6 is 0 Å². The maximum Gasteiger partial charge on any atom is 0.154 e. The van der Waals surface area contributed by atoms with Gasteiger partial charge < -0.3 is 10.2 Å². The van der Waals surface area contributed by atoms with Crippen molar-refractivity contribution < 1.29 is 0 Å². The van der Waals surface area contributed by atoms with Gasteiger partial charge in [0.05, 0.1) is 5.71 Å². The van der Waals surface area contributed by atoms with E-state index in [0.29, 0.717) is 12.1 Å². The number of benzene rings is 2. The third kappa shape index (κ3) is 4.29. The molecule has 0 spiro atoms. The van der Waals surface area contributed by atoms with Gasteiger partial charge in [0.1, 0.15) is 0 Å². The Balaban J connectivity index is 1.71. The van der Waals surface area contributed by atoms with Crippen molar-refractivity contribution in [1.82, 2.24) is 10.3 Å². The largest absolute Gasteiger partial charge is 0.368 e. The lowest BCUT2D eigenvalue weighted by Crippen LogP contribution is -2.54. The molecule has 0 radical (unpaired) electrons. The van der Waals surface area contributed by atoms with Gasteiger partial charge in [-0.3, -0.25) is 0 Å². The lowest BCUT2D eigenvalue weighted by atomic mass is 10.0. The molecule has 0 aliphatic carbocycles. The Morgan fingerprint density at radius 2 is 1.46 bits per heavy atom. The number of pyridine rings is 1. The highest BCUT2D eigenvalue weighted by atomic mass is 15.2. The minimum absolute atomic E-state index is 0.466. The van der Waals surface area contributed by atoms with Gasteiger partial charge in [-0.25, -0.2) is 9.98 Å². The van der Waals surface area contributed by atoms with Crippen LogP contribution in [0.1, 0.15) is 25.0 Å². The number of piperazine rings is 1. The van der Waals surface area contributed by atoms with E-state index in [0.717, 1.165) is 35.7 Å². The van der Waals surface area contributed by atoms with Crippen LogP contribution in [0.4, 0.5) is 11.5 Å². The van der Waals surface area contributed by atoms with E-state index >= 15 is 0 Å². The average Bonchev–Trinajstić information content (AvgIpc) is 2.73. The average molecular weight is 371 g/mol. The van der Waals surface area contributed by atoms with E-state index in [1.54, 1.807) is 0 Å². The Hall–Kier alpha value is -2.98. The molecule has 1 saturated heterocycles.